The first-order chi connectivity index (χ1) is 17.2. The number of nitrogens with zero attached hydrogens (tertiary/aromatic N) is 2. The lowest BCUT2D eigenvalue weighted by Gasteiger charge is -2.26. The molecule has 190 valence electrons. The van der Waals surface area contributed by atoms with Crippen LogP contribution in [-0.2, 0) is 21.4 Å². The second kappa shape index (κ2) is 12.1. The monoisotopic (exact) mass is 510 g/mol. The maximum Gasteiger partial charge on any atom is 0.330 e. The Bertz CT molecular complexity index is 1250. The molecule has 3 aromatic carbocycles. The minimum Gasteiger partial charge on any atom is -0.497 e. The van der Waals surface area contributed by atoms with E-state index in [9.17, 15) is 18.0 Å². The van der Waals surface area contributed by atoms with Crippen LogP contribution in [0.2, 0.25) is 0 Å². The van der Waals surface area contributed by atoms with Gasteiger partial charge in [0.05, 0.1) is 12.8 Å². The van der Waals surface area contributed by atoms with Crippen molar-refractivity contribution in [2.24, 2.45) is 0 Å². The molecule has 0 saturated carbocycles. The Labute approximate surface area is 211 Å². The van der Waals surface area contributed by atoms with Crippen molar-refractivity contribution in [3.05, 3.63) is 90.5 Å². The number of hydrogen-bond acceptors (Lipinski definition) is 5. The van der Waals surface area contributed by atoms with Crippen LogP contribution in [0.5, 0.6) is 5.75 Å². The summed E-state index contributed by atoms with van der Waals surface area (Å²) in [5.74, 6) is 0.231. The summed E-state index contributed by atoms with van der Waals surface area (Å²) in [5.41, 5.74) is 1.81. The first-order valence-electron chi connectivity index (χ1n) is 11.4. The lowest BCUT2D eigenvalue weighted by molar-refractivity contribution is -0.120. The summed E-state index contributed by atoms with van der Waals surface area (Å²) in [6.07, 6.45) is 0.170. The number of amides is 3. The number of hydrogen-bond donors (Lipinski definition) is 2. The van der Waals surface area contributed by atoms with Crippen LogP contribution in [0.3, 0.4) is 0 Å². The van der Waals surface area contributed by atoms with E-state index in [2.05, 4.69) is 5.32 Å². The third-order valence-electron chi connectivity index (χ3n) is 5.52. The number of carbonyl (C=O) groups excluding carboxylic acids is 2. The van der Waals surface area contributed by atoms with E-state index in [4.69, 9.17) is 4.74 Å². The van der Waals surface area contributed by atoms with E-state index >= 15 is 0 Å². The van der Waals surface area contributed by atoms with Gasteiger partial charge >= 0.3 is 16.2 Å². The molecule has 0 radical (unpaired) electrons. The van der Waals surface area contributed by atoms with Gasteiger partial charge in [0, 0.05) is 25.7 Å². The van der Waals surface area contributed by atoms with Crippen molar-refractivity contribution in [2.75, 3.05) is 29.9 Å². The van der Waals surface area contributed by atoms with Crippen molar-refractivity contribution in [1.29, 1.82) is 0 Å². The first kappa shape index (κ1) is 26.6. The topological polar surface area (TPSA) is 108 Å². The standard InChI is InChI=1S/C26H30N4O5S/c1-4-30(22-13-9-6-10-14-22)36(33,34)28-26(32)27-24(19-20-11-7-5-8-12-20)25(31)29(2)21-15-17-23(35-3)18-16-21/h5-18,24H,4,19H2,1-3H3,(H2,27,28,32)/t24-/m0/s1. The fraction of sp³-hybridized carbons (Fsp3) is 0.231. The van der Waals surface area contributed by atoms with Crippen LogP contribution < -0.4 is 24.0 Å². The summed E-state index contributed by atoms with van der Waals surface area (Å²) < 4.78 is 34.2. The van der Waals surface area contributed by atoms with Crippen LogP contribution in [0, 0.1) is 0 Å². The van der Waals surface area contributed by atoms with Crippen LogP contribution in [0.25, 0.3) is 0 Å². The maximum absolute atomic E-state index is 13.4. The van der Waals surface area contributed by atoms with Crippen molar-refractivity contribution in [3.8, 4) is 5.75 Å². The van der Waals surface area contributed by atoms with Crippen molar-refractivity contribution in [2.45, 2.75) is 19.4 Å². The first-order valence-corrected chi connectivity index (χ1v) is 12.8. The Morgan fingerprint density at radius 2 is 1.47 bits per heavy atom. The van der Waals surface area contributed by atoms with E-state index in [1.807, 2.05) is 35.1 Å². The lowest BCUT2D eigenvalue weighted by atomic mass is 10.0. The number of benzene rings is 3. The van der Waals surface area contributed by atoms with Crippen LogP contribution in [0.15, 0.2) is 84.9 Å². The molecule has 36 heavy (non-hydrogen) atoms. The molecule has 0 aliphatic heterocycles. The van der Waals surface area contributed by atoms with Crippen LogP contribution >= 0.6 is 0 Å². The van der Waals surface area contributed by atoms with E-state index in [1.54, 1.807) is 75.7 Å². The Morgan fingerprint density at radius 1 is 0.889 bits per heavy atom. The van der Waals surface area contributed by atoms with E-state index < -0.39 is 28.2 Å². The molecule has 0 unspecified atom stereocenters. The molecule has 9 nitrogen and oxygen atoms in total. The summed E-state index contributed by atoms with van der Waals surface area (Å²) in [5, 5.41) is 2.55. The summed E-state index contributed by atoms with van der Waals surface area (Å²) in [4.78, 5) is 27.7. The average Bonchev–Trinajstić information content (AvgIpc) is 2.88. The van der Waals surface area contributed by atoms with E-state index in [1.165, 1.54) is 4.90 Å². The largest absolute Gasteiger partial charge is 0.497 e. The highest BCUT2D eigenvalue weighted by atomic mass is 32.2. The highest BCUT2D eigenvalue weighted by Gasteiger charge is 2.29. The normalized spacial score (nSPS) is 11.8. The predicted octanol–water partition coefficient (Wildman–Crippen LogP) is 3.34. The fourth-order valence-electron chi connectivity index (χ4n) is 3.66. The molecule has 3 amide bonds. The molecule has 0 heterocycles. The van der Waals surface area contributed by atoms with E-state index in [0.717, 1.165) is 9.87 Å². The van der Waals surface area contributed by atoms with Crippen molar-refractivity contribution >= 4 is 33.5 Å². The molecule has 1 atom stereocenters. The number of nitrogens with one attached hydrogen (secondary N) is 2. The fourth-order valence-corrected chi connectivity index (χ4v) is 4.80. The smallest absolute Gasteiger partial charge is 0.330 e. The highest BCUT2D eigenvalue weighted by Crippen LogP contribution is 2.20. The second-order valence-corrected chi connectivity index (χ2v) is 9.51. The zero-order chi connectivity index (χ0) is 26.1. The molecule has 0 fully saturated rings. The Hall–Kier alpha value is -4.05. The summed E-state index contributed by atoms with van der Waals surface area (Å²) >= 11 is 0. The Morgan fingerprint density at radius 3 is 2.03 bits per heavy atom. The third-order valence-corrected chi connectivity index (χ3v) is 7.01. The molecule has 3 aromatic rings. The quantitative estimate of drug-likeness (QED) is 0.435. The van der Waals surface area contributed by atoms with Gasteiger partial charge in [-0.15, -0.1) is 0 Å². The van der Waals surface area contributed by atoms with Gasteiger partial charge < -0.3 is 15.0 Å². The number of rotatable bonds is 10. The summed E-state index contributed by atoms with van der Waals surface area (Å²) in [7, 11) is -1.08. The Kier molecular flexibility index (Phi) is 8.91. The van der Waals surface area contributed by atoms with Gasteiger partial charge in [-0.2, -0.15) is 8.42 Å². The molecule has 0 aliphatic rings. The van der Waals surface area contributed by atoms with E-state index in [-0.39, 0.29) is 13.0 Å². The van der Waals surface area contributed by atoms with Crippen molar-refractivity contribution in [1.82, 2.24) is 10.0 Å². The van der Waals surface area contributed by atoms with Gasteiger partial charge in [-0.3, -0.25) is 9.10 Å². The third kappa shape index (κ3) is 6.76. The number of anilines is 2. The van der Waals surface area contributed by atoms with Gasteiger partial charge in [0.25, 0.3) is 0 Å². The average molecular weight is 511 g/mol. The number of likely N-dealkylation sites (N-methyl/N-ethyl adjacent to an activating group) is 1. The zero-order valence-corrected chi connectivity index (χ0v) is 21.2. The molecular weight excluding hydrogens is 480 g/mol. The SMILES string of the molecule is CCN(c1ccccc1)S(=O)(=O)NC(=O)N[C@@H](Cc1ccccc1)C(=O)N(C)c1ccc(OC)cc1. The molecule has 10 heteroatoms. The number of ether oxygens (including phenoxy) is 1. The molecule has 0 aliphatic carbocycles. The van der Waals surface area contributed by atoms with Crippen LogP contribution in [-0.4, -0.2) is 47.1 Å². The second-order valence-electron chi connectivity index (χ2n) is 7.92. The zero-order valence-electron chi connectivity index (χ0n) is 20.4. The van der Waals surface area contributed by atoms with Gasteiger partial charge in [-0.1, -0.05) is 48.5 Å². The van der Waals surface area contributed by atoms with Gasteiger partial charge in [0.15, 0.2) is 0 Å². The predicted molar refractivity (Wildman–Crippen MR) is 140 cm³/mol. The minimum absolute atomic E-state index is 0.110. The van der Waals surface area contributed by atoms with Crippen LogP contribution in [0.4, 0.5) is 16.2 Å². The molecule has 0 aromatic heterocycles. The van der Waals surface area contributed by atoms with Gasteiger partial charge in [-0.25, -0.2) is 9.52 Å². The number of para-hydroxylation sites is 1. The molecule has 0 spiro atoms. The maximum atomic E-state index is 13.4. The van der Waals surface area contributed by atoms with Crippen molar-refractivity contribution in [3.63, 3.8) is 0 Å². The van der Waals surface area contributed by atoms with E-state index in [0.29, 0.717) is 17.1 Å². The summed E-state index contributed by atoms with van der Waals surface area (Å²) in [6, 6.07) is 22.5. The number of methoxy groups -OCH3 is 1. The van der Waals surface area contributed by atoms with Gasteiger partial charge in [0.2, 0.25) is 5.91 Å². The molecule has 2 N–H and O–H groups in total. The highest BCUT2D eigenvalue weighted by molar-refractivity contribution is 7.91. The van der Waals surface area contributed by atoms with Crippen LogP contribution in [0.1, 0.15) is 12.5 Å². The molecular formula is C26H30N4O5S. The summed E-state index contributed by atoms with van der Waals surface area (Å²) in [6.45, 7) is 1.77. The molecule has 0 saturated heterocycles. The van der Waals surface area contributed by atoms with Gasteiger partial charge in [0.1, 0.15) is 11.8 Å². The lowest BCUT2D eigenvalue weighted by Crippen LogP contribution is -2.54. The van der Waals surface area contributed by atoms with Gasteiger partial charge in [-0.05, 0) is 48.9 Å². The van der Waals surface area contributed by atoms with Crippen molar-refractivity contribution < 1.29 is 22.7 Å². The molecule has 0 bridgehead atoms. The Balaban J connectivity index is 1.80. The number of carbonyl (C=O) groups is 2. The minimum atomic E-state index is -4.22. The molecule has 3 rings (SSSR count). The number of urea groups is 1.